The maximum absolute atomic E-state index is 12.8. The summed E-state index contributed by atoms with van der Waals surface area (Å²) in [5.74, 6) is 0.250. The Hall–Kier alpha value is -2.22. The number of nitrogens with one attached hydrogen (secondary N) is 2. The molecular formula is C25H33N3O3S. The van der Waals surface area contributed by atoms with E-state index >= 15 is 0 Å². The zero-order valence-electron chi connectivity index (χ0n) is 18.7. The molecule has 0 radical (unpaired) electrons. The lowest BCUT2D eigenvalue weighted by Gasteiger charge is -2.33. The highest BCUT2D eigenvalue weighted by Gasteiger charge is 2.26. The number of carbonyl (C=O) groups excluding carboxylic acids is 1. The van der Waals surface area contributed by atoms with Crippen LogP contribution in [0.15, 0.2) is 53.4 Å². The molecule has 1 aliphatic carbocycles. The Balaban J connectivity index is 1.28. The van der Waals surface area contributed by atoms with E-state index in [0.717, 1.165) is 50.8 Å². The maximum Gasteiger partial charge on any atom is 0.240 e. The summed E-state index contributed by atoms with van der Waals surface area (Å²) in [4.78, 5) is 15.2. The van der Waals surface area contributed by atoms with Crippen molar-refractivity contribution < 1.29 is 13.2 Å². The van der Waals surface area contributed by atoms with E-state index in [4.69, 9.17) is 0 Å². The first kappa shape index (κ1) is 23.0. The van der Waals surface area contributed by atoms with Crippen LogP contribution in [0.2, 0.25) is 0 Å². The van der Waals surface area contributed by atoms with Gasteiger partial charge < -0.3 is 5.32 Å². The van der Waals surface area contributed by atoms with Crippen molar-refractivity contribution in [1.82, 2.24) is 14.9 Å². The molecule has 2 N–H and O–H groups in total. The monoisotopic (exact) mass is 455 g/mol. The van der Waals surface area contributed by atoms with Crippen molar-refractivity contribution >= 4 is 15.9 Å². The lowest BCUT2D eigenvalue weighted by atomic mass is 9.88. The first-order valence-electron chi connectivity index (χ1n) is 11.6. The number of hydrogen-bond acceptors (Lipinski definition) is 4. The summed E-state index contributed by atoms with van der Waals surface area (Å²) < 4.78 is 27.9. The molecule has 0 bridgehead atoms. The topological polar surface area (TPSA) is 78.5 Å². The van der Waals surface area contributed by atoms with Gasteiger partial charge in [0.05, 0.1) is 17.5 Å². The zero-order valence-corrected chi connectivity index (χ0v) is 19.5. The molecule has 2 aromatic rings. The fourth-order valence-corrected chi connectivity index (χ4v) is 5.95. The number of amides is 1. The Labute approximate surface area is 191 Å². The number of nitrogens with zero attached hydrogens (tertiary/aromatic N) is 1. The van der Waals surface area contributed by atoms with Gasteiger partial charge in [-0.1, -0.05) is 42.0 Å². The molecule has 1 aliphatic heterocycles. The van der Waals surface area contributed by atoms with Gasteiger partial charge in [0.1, 0.15) is 0 Å². The molecule has 2 unspecified atom stereocenters. The lowest BCUT2D eigenvalue weighted by molar-refractivity contribution is -0.123. The fourth-order valence-electron chi connectivity index (χ4n) is 4.84. The van der Waals surface area contributed by atoms with Crippen LogP contribution >= 0.6 is 0 Å². The Kier molecular flexibility index (Phi) is 7.28. The molecule has 0 spiro atoms. The van der Waals surface area contributed by atoms with Crippen LogP contribution in [0.1, 0.15) is 48.4 Å². The second-order valence-electron chi connectivity index (χ2n) is 9.12. The van der Waals surface area contributed by atoms with Crippen LogP contribution in [0.25, 0.3) is 0 Å². The molecule has 2 atom stereocenters. The number of hydrogen-bond donors (Lipinski definition) is 2. The summed E-state index contributed by atoms with van der Waals surface area (Å²) >= 11 is 0. The molecule has 1 amide bonds. The number of rotatable bonds is 7. The van der Waals surface area contributed by atoms with Gasteiger partial charge in [-0.15, -0.1) is 0 Å². The van der Waals surface area contributed by atoms with Crippen molar-refractivity contribution in [3.8, 4) is 0 Å². The van der Waals surface area contributed by atoms with Gasteiger partial charge in [0, 0.05) is 13.1 Å². The first-order valence-corrected chi connectivity index (χ1v) is 13.0. The van der Waals surface area contributed by atoms with Gasteiger partial charge in [-0.3, -0.25) is 9.69 Å². The predicted octanol–water partition coefficient (Wildman–Crippen LogP) is 3.18. The predicted molar refractivity (Wildman–Crippen MR) is 126 cm³/mol. The quantitative estimate of drug-likeness (QED) is 0.672. The van der Waals surface area contributed by atoms with Gasteiger partial charge in [-0.05, 0) is 74.8 Å². The molecule has 32 heavy (non-hydrogen) atoms. The minimum Gasteiger partial charge on any atom is -0.348 e. The highest BCUT2D eigenvalue weighted by atomic mass is 32.2. The SMILES string of the molecule is Cc1ccc(S(=O)(=O)NCC2CCCN(CC(=O)NC3CCCc4ccccc43)C2)cc1. The van der Waals surface area contributed by atoms with E-state index in [0.29, 0.717) is 18.0 Å². The van der Waals surface area contributed by atoms with E-state index in [-0.39, 0.29) is 17.9 Å². The van der Waals surface area contributed by atoms with Crippen molar-refractivity contribution in [2.24, 2.45) is 5.92 Å². The smallest absolute Gasteiger partial charge is 0.240 e. The molecule has 172 valence electrons. The average Bonchev–Trinajstić information content (AvgIpc) is 2.79. The van der Waals surface area contributed by atoms with Crippen molar-refractivity contribution in [3.05, 3.63) is 65.2 Å². The number of likely N-dealkylation sites (tertiary alicyclic amines) is 1. The van der Waals surface area contributed by atoms with Crippen molar-refractivity contribution in [2.75, 3.05) is 26.2 Å². The summed E-state index contributed by atoms with van der Waals surface area (Å²) in [6.07, 6.45) is 5.08. The third-order valence-electron chi connectivity index (χ3n) is 6.57. The third-order valence-corrected chi connectivity index (χ3v) is 8.01. The minimum absolute atomic E-state index is 0.0487. The van der Waals surface area contributed by atoms with Gasteiger partial charge in [0.2, 0.25) is 15.9 Å². The minimum atomic E-state index is -3.51. The largest absolute Gasteiger partial charge is 0.348 e. The normalized spacial score (nSPS) is 21.7. The van der Waals surface area contributed by atoms with Crippen LogP contribution in [-0.4, -0.2) is 45.4 Å². The third kappa shape index (κ3) is 5.77. The number of aryl methyl sites for hydroxylation is 2. The van der Waals surface area contributed by atoms with Gasteiger partial charge in [-0.2, -0.15) is 0 Å². The Morgan fingerprint density at radius 3 is 2.66 bits per heavy atom. The van der Waals surface area contributed by atoms with Crippen LogP contribution in [0.5, 0.6) is 0 Å². The molecule has 4 rings (SSSR count). The zero-order chi connectivity index (χ0) is 22.6. The van der Waals surface area contributed by atoms with Crippen molar-refractivity contribution in [2.45, 2.75) is 50.0 Å². The Morgan fingerprint density at radius 2 is 1.84 bits per heavy atom. The molecule has 0 saturated carbocycles. The lowest BCUT2D eigenvalue weighted by Crippen LogP contribution is -2.45. The molecule has 1 saturated heterocycles. The van der Waals surface area contributed by atoms with Crippen LogP contribution in [-0.2, 0) is 21.2 Å². The second kappa shape index (κ2) is 10.1. The van der Waals surface area contributed by atoms with E-state index in [1.54, 1.807) is 24.3 Å². The van der Waals surface area contributed by atoms with Gasteiger partial charge in [0.25, 0.3) is 0 Å². The van der Waals surface area contributed by atoms with Crippen LogP contribution < -0.4 is 10.0 Å². The molecule has 2 aliphatic rings. The van der Waals surface area contributed by atoms with E-state index in [2.05, 4.69) is 33.1 Å². The molecular weight excluding hydrogens is 422 g/mol. The van der Waals surface area contributed by atoms with Gasteiger partial charge >= 0.3 is 0 Å². The number of carbonyl (C=O) groups is 1. The number of fused-ring (bicyclic) bond motifs is 1. The Morgan fingerprint density at radius 1 is 1.06 bits per heavy atom. The summed E-state index contributed by atoms with van der Waals surface area (Å²) in [5.41, 5.74) is 3.61. The second-order valence-corrected chi connectivity index (χ2v) is 10.9. The standard InChI is InChI=1S/C25H33N3O3S/c1-19-11-13-22(14-12-19)32(30,31)26-16-20-6-5-15-28(17-20)18-25(29)27-24-10-4-8-21-7-2-3-9-23(21)24/h2-3,7,9,11-14,20,24,26H,4-6,8,10,15-18H2,1H3,(H,27,29). The van der Waals surface area contributed by atoms with E-state index in [1.165, 1.54) is 11.1 Å². The highest BCUT2D eigenvalue weighted by molar-refractivity contribution is 7.89. The van der Waals surface area contributed by atoms with E-state index in [1.807, 2.05) is 13.0 Å². The van der Waals surface area contributed by atoms with Crippen LogP contribution in [0.4, 0.5) is 0 Å². The molecule has 0 aromatic heterocycles. The van der Waals surface area contributed by atoms with E-state index < -0.39 is 10.0 Å². The summed E-state index contributed by atoms with van der Waals surface area (Å²) in [5, 5.41) is 3.23. The van der Waals surface area contributed by atoms with Gasteiger partial charge in [-0.25, -0.2) is 13.1 Å². The van der Waals surface area contributed by atoms with Crippen molar-refractivity contribution in [1.29, 1.82) is 0 Å². The fraction of sp³-hybridized carbons (Fsp3) is 0.480. The summed E-state index contributed by atoms with van der Waals surface area (Å²) in [6.45, 7) is 4.29. The first-order chi connectivity index (χ1) is 15.4. The molecule has 6 nitrogen and oxygen atoms in total. The Bertz CT molecular complexity index is 1040. The number of piperidine rings is 1. The highest BCUT2D eigenvalue weighted by Crippen LogP contribution is 2.29. The summed E-state index contributed by atoms with van der Waals surface area (Å²) in [7, 11) is -3.51. The number of benzene rings is 2. The maximum atomic E-state index is 12.8. The summed E-state index contributed by atoms with van der Waals surface area (Å²) in [6, 6.07) is 15.4. The van der Waals surface area contributed by atoms with Crippen LogP contribution in [0.3, 0.4) is 0 Å². The molecule has 7 heteroatoms. The van der Waals surface area contributed by atoms with E-state index in [9.17, 15) is 13.2 Å². The van der Waals surface area contributed by atoms with Gasteiger partial charge in [0.15, 0.2) is 0 Å². The molecule has 1 fully saturated rings. The molecule has 2 aromatic carbocycles. The number of sulfonamides is 1. The molecule has 1 heterocycles. The van der Waals surface area contributed by atoms with Crippen molar-refractivity contribution in [3.63, 3.8) is 0 Å². The van der Waals surface area contributed by atoms with Crippen LogP contribution in [0, 0.1) is 12.8 Å². The average molecular weight is 456 g/mol.